The van der Waals surface area contributed by atoms with Crippen LogP contribution in [0.2, 0.25) is 0 Å². The van der Waals surface area contributed by atoms with Crippen molar-refractivity contribution in [2.24, 2.45) is 0 Å². The zero-order valence-electron chi connectivity index (χ0n) is 19.1. The molecule has 0 radical (unpaired) electrons. The predicted octanol–water partition coefficient (Wildman–Crippen LogP) is 3.69. The number of halogens is 2. The molecule has 0 heterocycles. The molecule has 0 fully saturated rings. The summed E-state index contributed by atoms with van der Waals surface area (Å²) in [6.07, 6.45) is 1.70. The van der Waals surface area contributed by atoms with Crippen LogP contribution in [0.5, 0.6) is 0 Å². The van der Waals surface area contributed by atoms with E-state index in [0.29, 0.717) is 10.9 Å². The fourth-order valence-electron chi connectivity index (χ4n) is 3.11. The Morgan fingerprint density at radius 3 is 2.27 bits per heavy atom. The van der Waals surface area contributed by atoms with E-state index in [2.05, 4.69) is 21.2 Å². The summed E-state index contributed by atoms with van der Waals surface area (Å²) in [5.74, 6) is -1.55. The fourth-order valence-corrected chi connectivity index (χ4v) is 4.58. The quantitative estimate of drug-likeness (QED) is 0.497. The molecule has 0 aliphatic rings. The van der Waals surface area contributed by atoms with Gasteiger partial charge in [0.15, 0.2) is 0 Å². The summed E-state index contributed by atoms with van der Waals surface area (Å²) in [5, 5.41) is 2.82. The maximum absolute atomic E-state index is 14.4. The third-order valence-corrected chi connectivity index (χ3v) is 7.06. The first-order valence-corrected chi connectivity index (χ1v) is 13.1. The molecule has 0 saturated heterocycles. The number of nitrogens with zero attached hydrogens (tertiary/aromatic N) is 2. The molecule has 180 valence electrons. The highest BCUT2D eigenvalue weighted by Gasteiger charge is 2.31. The average Bonchev–Trinajstić information content (AvgIpc) is 2.76. The normalized spacial score (nSPS) is 13.2. The molecule has 0 aromatic heterocycles. The van der Waals surface area contributed by atoms with Crippen LogP contribution in [0.25, 0.3) is 0 Å². The van der Waals surface area contributed by atoms with E-state index in [-0.39, 0.29) is 23.8 Å². The number of para-hydroxylation sites is 1. The van der Waals surface area contributed by atoms with Crippen molar-refractivity contribution >= 4 is 43.5 Å². The minimum atomic E-state index is -3.84. The van der Waals surface area contributed by atoms with Gasteiger partial charge in [-0.3, -0.25) is 13.9 Å². The molecular formula is C23H29BrFN3O4S. The van der Waals surface area contributed by atoms with Crippen molar-refractivity contribution in [3.8, 4) is 0 Å². The van der Waals surface area contributed by atoms with Crippen LogP contribution in [0.4, 0.5) is 10.1 Å². The molecule has 10 heteroatoms. The van der Waals surface area contributed by atoms with Crippen LogP contribution < -0.4 is 9.62 Å². The number of carbonyl (C=O) groups is 2. The first kappa shape index (κ1) is 26.8. The van der Waals surface area contributed by atoms with Crippen molar-refractivity contribution in [1.29, 1.82) is 0 Å². The van der Waals surface area contributed by atoms with Crippen LogP contribution in [0.1, 0.15) is 32.8 Å². The van der Waals surface area contributed by atoms with Gasteiger partial charge in [-0.2, -0.15) is 0 Å². The Labute approximate surface area is 203 Å². The van der Waals surface area contributed by atoms with E-state index in [1.807, 2.05) is 13.8 Å². The SMILES string of the molecule is CC[C@@H](C)NC(=O)[C@@H](C)N(Cc1ccccc1F)C(=O)CN(c1ccccc1Br)S(C)(=O)=O. The highest BCUT2D eigenvalue weighted by Crippen LogP contribution is 2.28. The van der Waals surface area contributed by atoms with Gasteiger partial charge in [-0.1, -0.05) is 37.3 Å². The van der Waals surface area contributed by atoms with E-state index in [0.717, 1.165) is 10.6 Å². The lowest BCUT2D eigenvalue weighted by atomic mass is 10.1. The number of hydrogen-bond donors (Lipinski definition) is 1. The summed E-state index contributed by atoms with van der Waals surface area (Å²) in [5.41, 5.74) is 0.511. The molecule has 2 atom stereocenters. The van der Waals surface area contributed by atoms with Gasteiger partial charge >= 0.3 is 0 Å². The van der Waals surface area contributed by atoms with Crippen LogP contribution in [-0.4, -0.2) is 50.0 Å². The third-order valence-electron chi connectivity index (χ3n) is 5.27. The molecule has 7 nitrogen and oxygen atoms in total. The van der Waals surface area contributed by atoms with E-state index in [1.54, 1.807) is 37.3 Å². The van der Waals surface area contributed by atoms with Gasteiger partial charge in [0, 0.05) is 22.6 Å². The lowest BCUT2D eigenvalue weighted by molar-refractivity contribution is -0.139. The zero-order chi connectivity index (χ0) is 24.8. The van der Waals surface area contributed by atoms with Crippen LogP contribution in [-0.2, 0) is 26.2 Å². The second kappa shape index (κ2) is 11.6. The molecule has 0 spiro atoms. The van der Waals surface area contributed by atoms with E-state index >= 15 is 0 Å². The molecule has 2 aromatic rings. The third kappa shape index (κ3) is 7.26. The molecule has 0 saturated carbocycles. The maximum Gasteiger partial charge on any atom is 0.244 e. The minimum Gasteiger partial charge on any atom is -0.352 e. The van der Waals surface area contributed by atoms with Gasteiger partial charge in [0.05, 0.1) is 11.9 Å². The number of hydrogen-bond acceptors (Lipinski definition) is 4. The monoisotopic (exact) mass is 541 g/mol. The van der Waals surface area contributed by atoms with Crippen molar-refractivity contribution in [3.63, 3.8) is 0 Å². The van der Waals surface area contributed by atoms with Gasteiger partial charge in [0.25, 0.3) is 0 Å². The lowest BCUT2D eigenvalue weighted by Gasteiger charge is -2.32. The zero-order valence-corrected chi connectivity index (χ0v) is 21.5. The summed E-state index contributed by atoms with van der Waals surface area (Å²) < 4.78 is 40.9. The standard InChI is InChI=1S/C23H29BrFN3O4S/c1-5-16(2)26-23(30)17(3)27(14-18-10-6-8-12-20(18)25)22(29)15-28(33(4,31)32)21-13-9-7-11-19(21)24/h6-13,16-17H,5,14-15H2,1-4H3,(H,26,30)/t16-,17-/m1/s1. The van der Waals surface area contributed by atoms with Gasteiger partial charge in [-0.25, -0.2) is 12.8 Å². The van der Waals surface area contributed by atoms with Gasteiger partial charge < -0.3 is 10.2 Å². The molecule has 1 N–H and O–H groups in total. The number of anilines is 1. The number of rotatable bonds is 10. The minimum absolute atomic E-state index is 0.113. The number of sulfonamides is 1. The largest absolute Gasteiger partial charge is 0.352 e. The van der Waals surface area contributed by atoms with Crippen LogP contribution in [0, 0.1) is 5.82 Å². The molecule has 2 rings (SSSR count). The van der Waals surface area contributed by atoms with Gasteiger partial charge in [0.2, 0.25) is 21.8 Å². The molecule has 0 bridgehead atoms. The molecular weight excluding hydrogens is 513 g/mol. The summed E-state index contributed by atoms with van der Waals surface area (Å²) >= 11 is 3.32. The van der Waals surface area contributed by atoms with Crippen molar-refractivity contribution in [2.45, 2.75) is 45.8 Å². The number of carbonyl (C=O) groups excluding carboxylic acids is 2. The van der Waals surface area contributed by atoms with E-state index in [4.69, 9.17) is 0 Å². The Kier molecular flexibility index (Phi) is 9.42. The fraction of sp³-hybridized carbons (Fsp3) is 0.391. The summed E-state index contributed by atoms with van der Waals surface area (Å²) in [7, 11) is -3.84. The van der Waals surface area contributed by atoms with Gasteiger partial charge in [-0.15, -0.1) is 0 Å². The van der Waals surface area contributed by atoms with Crippen molar-refractivity contribution in [3.05, 3.63) is 64.4 Å². The van der Waals surface area contributed by atoms with Crippen molar-refractivity contribution in [1.82, 2.24) is 10.2 Å². The summed E-state index contributed by atoms with van der Waals surface area (Å²) in [6, 6.07) is 11.5. The Hall–Kier alpha value is -2.46. The topological polar surface area (TPSA) is 86.8 Å². The van der Waals surface area contributed by atoms with E-state index in [1.165, 1.54) is 23.1 Å². The maximum atomic E-state index is 14.4. The molecule has 2 aromatic carbocycles. The summed E-state index contributed by atoms with van der Waals surface area (Å²) in [4.78, 5) is 27.4. The molecule has 0 aliphatic heterocycles. The highest BCUT2D eigenvalue weighted by molar-refractivity contribution is 9.10. The second-order valence-electron chi connectivity index (χ2n) is 7.83. The number of benzene rings is 2. The molecule has 0 aliphatic carbocycles. The van der Waals surface area contributed by atoms with Crippen molar-refractivity contribution in [2.75, 3.05) is 17.1 Å². The average molecular weight is 542 g/mol. The smallest absolute Gasteiger partial charge is 0.244 e. The predicted molar refractivity (Wildman–Crippen MR) is 131 cm³/mol. The van der Waals surface area contributed by atoms with E-state index < -0.39 is 40.2 Å². The Balaban J connectivity index is 2.41. The first-order chi connectivity index (χ1) is 15.5. The second-order valence-corrected chi connectivity index (χ2v) is 10.6. The van der Waals surface area contributed by atoms with Gasteiger partial charge in [-0.05, 0) is 54.4 Å². The molecule has 0 unspecified atom stereocenters. The summed E-state index contributed by atoms with van der Waals surface area (Å²) in [6.45, 7) is 4.57. The number of amides is 2. The van der Waals surface area contributed by atoms with E-state index in [9.17, 15) is 22.4 Å². The van der Waals surface area contributed by atoms with Crippen LogP contribution in [0.15, 0.2) is 53.0 Å². The number of nitrogens with one attached hydrogen (secondary N) is 1. The lowest BCUT2D eigenvalue weighted by Crippen LogP contribution is -2.52. The highest BCUT2D eigenvalue weighted by atomic mass is 79.9. The Bertz CT molecular complexity index is 1100. The van der Waals surface area contributed by atoms with Crippen LogP contribution >= 0.6 is 15.9 Å². The Morgan fingerprint density at radius 1 is 1.09 bits per heavy atom. The van der Waals surface area contributed by atoms with Crippen molar-refractivity contribution < 1.29 is 22.4 Å². The van der Waals surface area contributed by atoms with Gasteiger partial charge in [0.1, 0.15) is 18.4 Å². The Morgan fingerprint density at radius 2 is 1.70 bits per heavy atom. The van der Waals surface area contributed by atoms with Crippen LogP contribution in [0.3, 0.4) is 0 Å². The molecule has 33 heavy (non-hydrogen) atoms. The first-order valence-electron chi connectivity index (χ1n) is 10.5. The molecule has 2 amide bonds.